The lowest BCUT2D eigenvalue weighted by Crippen LogP contribution is -2.30. The molecular formula is C10H15N3O4. The van der Waals surface area contributed by atoms with E-state index in [1.54, 1.807) is 0 Å². The molecule has 94 valence electrons. The van der Waals surface area contributed by atoms with Crippen LogP contribution in [0, 0.1) is 11.3 Å². The summed E-state index contributed by atoms with van der Waals surface area (Å²) in [6.45, 7) is 3.77. The first-order valence-electron chi connectivity index (χ1n) is 5.05. The van der Waals surface area contributed by atoms with Gasteiger partial charge in [0.1, 0.15) is 5.69 Å². The molecule has 0 saturated carbocycles. The fourth-order valence-electron chi connectivity index (χ4n) is 1.36. The smallest absolute Gasteiger partial charge is 0.360 e. The number of hydrogen-bond acceptors (Lipinski definition) is 6. The van der Waals surface area contributed by atoms with Gasteiger partial charge in [0.25, 0.3) is 0 Å². The molecule has 0 aliphatic heterocycles. The lowest BCUT2D eigenvalue weighted by molar-refractivity contribution is 0.0578. The number of esters is 1. The summed E-state index contributed by atoms with van der Waals surface area (Å²) in [7, 11) is 1.13. The minimum Gasteiger partial charge on any atom is -0.492 e. The van der Waals surface area contributed by atoms with Crippen LogP contribution in [0.1, 0.15) is 30.0 Å². The number of aromatic nitrogens is 2. The van der Waals surface area contributed by atoms with Crippen LogP contribution in [0.3, 0.4) is 0 Å². The maximum absolute atomic E-state index is 11.2. The Morgan fingerprint density at radius 1 is 1.59 bits per heavy atom. The minimum atomic E-state index is -0.885. The molecule has 0 fully saturated rings. The van der Waals surface area contributed by atoms with Crippen LogP contribution in [0.25, 0.3) is 0 Å². The third-order valence-corrected chi connectivity index (χ3v) is 2.15. The molecule has 7 heteroatoms. The Labute approximate surface area is 97.8 Å². The van der Waals surface area contributed by atoms with Gasteiger partial charge in [-0.25, -0.2) is 9.78 Å². The van der Waals surface area contributed by atoms with Gasteiger partial charge in [-0.05, 0) is 12.3 Å². The quantitative estimate of drug-likeness (QED) is 0.520. The summed E-state index contributed by atoms with van der Waals surface area (Å²) in [5.74, 6) is -1.20. The highest BCUT2D eigenvalue weighted by molar-refractivity contribution is 5.86. The van der Waals surface area contributed by atoms with Gasteiger partial charge in [-0.1, -0.05) is 13.8 Å². The molecule has 0 amide bonds. The van der Waals surface area contributed by atoms with E-state index in [1.807, 2.05) is 13.8 Å². The Morgan fingerprint density at radius 3 is 2.65 bits per heavy atom. The molecular weight excluding hydrogens is 226 g/mol. The standard InChI is InChI=1S/C10H15N3O4/c1-5(2)4-6-9(14)12-7(10(15)17-3)8(11)13(6)16/h5,11,14,16H,4H2,1-3H3. The first-order chi connectivity index (χ1) is 7.88. The fraction of sp³-hybridized carbons (Fsp3) is 0.500. The summed E-state index contributed by atoms with van der Waals surface area (Å²) < 4.78 is 4.84. The van der Waals surface area contributed by atoms with Crippen molar-refractivity contribution in [2.24, 2.45) is 5.92 Å². The summed E-state index contributed by atoms with van der Waals surface area (Å²) in [6, 6.07) is 0. The summed E-state index contributed by atoms with van der Waals surface area (Å²) in [6.07, 6.45) is 0.336. The second-order valence-corrected chi connectivity index (χ2v) is 3.98. The van der Waals surface area contributed by atoms with E-state index in [2.05, 4.69) is 9.72 Å². The lowest BCUT2D eigenvalue weighted by atomic mass is 10.1. The molecule has 0 spiro atoms. The van der Waals surface area contributed by atoms with Crippen LogP contribution in [-0.2, 0) is 11.2 Å². The van der Waals surface area contributed by atoms with Crippen molar-refractivity contribution in [2.75, 3.05) is 7.11 Å². The fourth-order valence-corrected chi connectivity index (χ4v) is 1.36. The van der Waals surface area contributed by atoms with Crippen LogP contribution in [-0.4, -0.2) is 33.1 Å². The van der Waals surface area contributed by atoms with Gasteiger partial charge in [-0.15, -0.1) is 0 Å². The predicted octanol–water partition coefficient (Wildman–Crippen LogP) is 0.291. The normalized spacial score (nSPS) is 10.6. The molecule has 0 bridgehead atoms. The second-order valence-electron chi connectivity index (χ2n) is 3.98. The van der Waals surface area contributed by atoms with Crippen LogP contribution < -0.4 is 5.49 Å². The summed E-state index contributed by atoms with van der Waals surface area (Å²) in [4.78, 5) is 14.8. The number of methoxy groups -OCH3 is 1. The van der Waals surface area contributed by atoms with Gasteiger partial charge in [0.15, 0.2) is 11.2 Å². The molecule has 17 heavy (non-hydrogen) atoms. The van der Waals surface area contributed by atoms with Gasteiger partial charge in [-0.3, -0.25) is 5.41 Å². The Morgan fingerprint density at radius 2 is 2.18 bits per heavy atom. The lowest BCUT2D eigenvalue weighted by Gasteiger charge is -2.12. The number of carbonyl (C=O) groups is 1. The number of nitrogens with one attached hydrogen (secondary N) is 1. The Bertz CT molecular complexity index is 493. The molecule has 0 aromatic carbocycles. The molecule has 3 N–H and O–H groups in total. The van der Waals surface area contributed by atoms with Crippen LogP contribution in [0.4, 0.5) is 0 Å². The molecule has 1 rings (SSSR count). The van der Waals surface area contributed by atoms with Crippen LogP contribution in [0.15, 0.2) is 0 Å². The maximum Gasteiger partial charge on any atom is 0.360 e. The third kappa shape index (κ3) is 2.55. The van der Waals surface area contributed by atoms with Crippen molar-refractivity contribution in [3.8, 4) is 5.88 Å². The zero-order chi connectivity index (χ0) is 13.2. The van der Waals surface area contributed by atoms with Crippen molar-refractivity contribution in [2.45, 2.75) is 20.3 Å². The van der Waals surface area contributed by atoms with Crippen LogP contribution >= 0.6 is 0 Å². The van der Waals surface area contributed by atoms with Gasteiger partial charge in [0.2, 0.25) is 5.88 Å². The monoisotopic (exact) mass is 241 g/mol. The van der Waals surface area contributed by atoms with Gasteiger partial charge in [0.05, 0.1) is 7.11 Å². The van der Waals surface area contributed by atoms with E-state index >= 15 is 0 Å². The molecule has 0 aliphatic rings. The van der Waals surface area contributed by atoms with E-state index in [0.29, 0.717) is 11.2 Å². The van der Waals surface area contributed by atoms with Crippen molar-refractivity contribution in [1.29, 1.82) is 5.41 Å². The molecule has 0 unspecified atom stereocenters. The minimum absolute atomic E-state index is 0.0950. The first-order valence-corrected chi connectivity index (χ1v) is 5.05. The van der Waals surface area contributed by atoms with Gasteiger partial charge >= 0.3 is 5.97 Å². The number of nitrogens with zero attached hydrogens (tertiary/aromatic N) is 2. The average molecular weight is 241 g/mol. The van der Waals surface area contributed by atoms with Crippen molar-refractivity contribution < 1.29 is 19.8 Å². The second kappa shape index (κ2) is 4.86. The maximum atomic E-state index is 11.2. The van der Waals surface area contributed by atoms with Gasteiger partial charge in [-0.2, -0.15) is 4.73 Å². The zero-order valence-electron chi connectivity index (χ0n) is 9.89. The number of carbonyl (C=O) groups excluding carboxylic acids is 1. The first kappa shape index (κ1) is 13.0. The van der Waals surface area contributed by atoms with Crippen molar-refractivity contribution >= 4 is 5.97 Å². The molecule has 1 aromatic heterocycles. The molecule has 1 heterocycles. The van der Waals surface area contributed by atoms with E-state index < -0.39 is 23.0 Å². The third-order valence-electron chi connectivity index (χ3n) is 2.15. The SMILES string of the molecule is COC(=O)c1nc(O)c(CC(C)C)n(O)c1=N. The molecule has 0 aliphatic carbocycles. The van der Waals surface area contributed by atoms with E-state index in [4.69, 9.17) is 5.41 Å². The predicted molar refractivity (Wildman–Crippen MR) is 56.8 cm³/mol. The van der Waals surface area contributed by atoms with Crippen LogP contribution in [0.2, 0.25) is 0 Å². The molecule has 1 aromatic rings. The zero-order valence-corrected chi connectivity index (χ0v) is 9.89. The van der Waals surface area contributed by atoms with E-state index in [1.165, 1.54) is 0 Å². The topological polar surface area (TPSA) is 108 Å². The van der Waals surface area contributed by atoms with Crippen molar-refractivity contribution in [3.63, 3.8) is 0 Å². The van der Waals surface area contributed by atoms with Crippen LogP contribution in [0.5, 0.6) is 5.88 Å². The number of rotatable bonds is 3. The van der Waals surface area contributed by atoms with E-state index in [9.17, 15) is 15.1 Å². The van der Waals surface area contributed by atoms with Gasteiger partial charge in [0, 0.05) is 0 Å². The Hall–Kier alpha value is -2.05. The molecule has 7 nitrogen and oxygen atoms in total. The molecule has 0 radical (unpaired) electrons. The van der Waals surface area contributed by atoms with E-state index in [-0.39, 0.29) is 11.6 Å². The van der Waals surface area contributed by atoms with Gasteiger partial charge < -0.3 is 15.1 Å². The Balaban J connectivity index is 3.37. The number of hydrogen-bond donors (Lipinski definition) is 3. The average Bonchev–Trinajstić information content (AvgIpc) is 2.28. The largest absolute Gasteiger partial charge is 0.492 e. The summed E-state index contributed by atoms with van der Waals surface area (Å²) in [5.41, 5.74) is -0.844. The highest BCUT2D eigenvalue weighted by Crippen LogP contribution is 2.15. The highest BCUT2D eigenvalue weighted by atomic mass is 16.5. The highest BCUT2D eigenvalue weighted by Gasteiger charge is 2.19. The summed E-state index contributed by atoms with van der Waals surface area (Å²) in [5, 5.41) is 26.8. The molecule has 0 atom stereocenters. The van der Waals surface area contributed by atoms with Crippen molar-refractivity contribution in [1.82, 2.24) is 9.71 Å². The molecule has 0 saturated heterocycles. The Kier molecular flexibility index (Phi) is 3.72. The van der Waals surface area contributed by atoms with E-state index in [0.717, 1.165) is 7.11 Å². The number of ether oxygens (including phenoxy) is 1. The number of aromatic hydroxyl groups is 1. The summed E-state index contributed by atoms with van der Waals surface area (Å²) >= 11 is 0. The van der Waals surface area contributed by atoms with Crippen molar-refractivity contribution in [3.05, 3.63) is 16.9 Å².